The number of aromatic nitrogens is 1. The molecule has 4 fully saturated rings. The molecule has 5 aliphatic rings. The van der Waals surface area contributed by atoms with Gasteiger partial charge in [0, 0.05) is 38.9 Å². The largest absolute Gasteiger partial charge is 0.310 e. The lowest BCUT2D eigenvalue weighted by Crippen LogP contribution is -2.55. The lowest BCUT2D eigenvalue weighted by atomic mass is 9.43. The highest BCUT2D eigenvalue weighted by molar-refractivity contribution is 6.10. The molecule has 13 rings (SSSR count). The topological polar surface area (TPSA) is 8.17 Å². The number of nitrogens with zero attached hydrogens (tertiary/aromatic N) is 2. The third-order valence-electron chi connectivity index (χ3n) is 14.0. The first-order chi connectivity index (χ1) is 26.7. The summed E-state index contributed by atoms with van der Waals surface area (Å²) in [6.07, 6.45) is 7.12. The first-order valence-corrected chi connectivity index (χ1v) is 20.0. The molecular weight excluding hydrogens is 653 g/mol. The zero-order valence-corrected chi connectivity index (χ0v) is 30.4. The fourth-order valence-electron chi connectivity index (χ4n) is 12.1. The molecule has 2 nitrogen and oxygen atoms in total. The maximum atomic E-state index is 2.61. The van der Waals surface area contributed by atoms with Crippen molar-refractivity contribution in [3.05, 3.63) is 181 Å². The van der Waals surface area contributed by atoms with Gasteiger partial charge in [0.05, 0.1) is 11.0 Å². The van der Waals surface area contributed by atoms with Crippen molar-refractivity contribution < 1.29 is 0 Å². The Balaban J connectivity index is 0.970. The van der Waals surface area contributed by atoms with Crippen molar-refractivity contribution in [2.75, 3.05) is 4.90 Å². The molecule has 0 aliphatic heterocycles. The highest BCUT2D eigenvalue weighted by Gasteiger charge is 2.61. The van der Waals surface area contributed by atoms with Crippen LogP contribution in [0.15, 0.2) is 170 Å². The van der Waals surface area contributed by atoms with Crippen molar-refractivity contribution in [1.29, 1.82) is 0 Å². The number of fused-ring (bicyclic) bond motifs is 6. The van der Waals surface area contributed by atoms with Crippen LogP contribution in [-0.2, 0) is 5.41 Å². The van der Waals surface area contributed by atoms with Crippen molar-refractivity contribution >= 4 is 38.9 Å². The van der Waals surface area contributed by atoms with Crippen LogP contribution in [0.25, 0.3) is 49.7 Å². The van der Waals surface area contributed by atoms with Gasteiger partial charge < -0.3 is 9.47 Å². The van der Waals surface area contributed by atoms with Gasteiger partial charge in [0.2, 0.25) is 0 Å². The first kappa shape index (κ1) is 30.6. The summed E-state index contributed by atoms with van der Waals surface area (Å²) in [5.74, 6) is 3.43. The van der Waals surface area contributed by atoms with E-state index in [1.54, 1.807) is 11.1 Å². The quantitative estimate of drug-likeness (QED) is 0.174. The normalized spacial score (nSPS) is 23.3. The maximum absolute atomic E-state index is 2.61. The molecule has 0 N–H and O–H groups in total. The summed E-state index contributed by atoms with van der Waals surface area (Å²) in [5.41, 5.74) is 16.0. The summed E-state index contributed by atoms with van der Waals surface area (Å²) in [4.78, 5) is 2.40. The van der Waals surface area contributed by atoms with Crippen molar-refractivity contribution in [3.63, 3.8) is 0 Å². The molecule has 1 aromatic heterocycles. The number of rotatable bonds is 5. The van der Waals surface area contributed by atoms with Crippen LogP contribution in [0.3, 0.4) is 0 Å². The van der Waals surface area contributed by atoms with E-state index in [1.807, 2.05) is 0 Å². The van der Waals surface area contributed by atoms with Gasteiger partial charge in [0.15, 0.2) is 0 Å². The Morgan fingerprint density at radius 2 is 1.02 bits per heavy atom. The monoisotopic (exact) mass is 694 g/mol. The molecule has 0 radical (unpaired) electrons. The number of hydrogen-bond acceptors (Lipinski definition) is 1. The van der Waals surface area contributed by atoms with Gasteiger partial charge >= 0.3 is 0 Å². The average molecular weight is 695 g/mol. The first-order valence-electron chi connectivity index (χ1n) is 20.0. The molecule has 5 aliphatic carbocycles. The Bertz CT molecular complexity index is 2690. The molecule has 4 saturated carbocycles. The van der Waals surface area contributed by atoms with Crippen LogP contribution in [-0.4, -0.2) is 4.57 Å². The second kappa shape index (κ2) is 11.6. The Labute approximate surface area is 317 Å². The van der Waals surface area contributed by atoms with Crippen LogP contribution >= 0.6 is 0 Å². The molecule has 0 saturated heterocycles. The van der Waals surface area contributed by atoms with Crippen LogP contribution in [0.4, 0.5) is 17.1 Å². The van der Waals surface area contributed by atoms with Crippen LogP contribution in [0.1, 0.15) is 43.2 Å². The Hall–Kier alpha value is -5.86. The fraction of sp³-hybridized carbons (Fsp3) is 0.192. The zero-order chi connectivity index (χ0) is 35.4. The second-order valence-electron chi connectivity index (χ2n) is 16.6. The number of anilines is 3. The van der Waals surface area contributed by atoms with Gasteiger partial charge in [0.25, 0.3) is 0 Å². The summed E-state index contributed by atoms with van der Waals surface area (Å²) < 4.78 is 2.41. The van der Waals surface area contributed by atoms with Crippen molar-refractivity contribution in [2.24, 2.45) is 23.7 Å². The molecule has 260 valence electrons. The predicted molar refractivity (Wildman–Crippen MR) is 224 cm³/mol. The maximum Gasteiger partial charge on any atom is 0.0561 e. The lowest BCUT2D eigenvalue weighted by Gasteiger charge is -2.61. The molecule has 1 heterocycles. The Morgan fingerprint density at radius 3 is 1.80 bits per heavy atom. The standard InChI is InChI=1S/C52H42N2/c1-3-11-40(12-4-1)53(43-24-26-47-46-16-8-10-18-50(46)54(51(47)33-43)41-13-5-2-6-14-41)42-22-19-36(20-23-42)37-21-25-45-44-15-7-9-17-48(44)52(49(45)32-37)38-28-34-27-35(30-38)31-39(52)29-34/h1-26,32-35,38-39H,27-31H2. The van der Waals surface area contributed by atoms with Crippen molar-refractivity contribution in [1.82, 2.24) is 4.57 Å². The highest BCUT2D eigenvalue weighted by Crippen LogP contribution is 2.69. The minimum Gasteiger partial charge on any atom is -0.310 e. The average Bonchev–Trinajstić information content (AvgIpc) is 3.71. The van der Waals surface area contributed by atoms with E-state index in [2.05, 4.69) is 179 Å². The van der Waals surface area contributed by atoms with Crippen LogP contribution in [0.2, 0.25) is 0 Å². The predicted octanol–water partition coefficient (Wildman–Crippen LogP) is 13.6. The van der Waals surface area contributed by atoms with Gasteiger partial charge in [-0.15, -0.1) is 0 Å². The van der Waals surface area contributed by atoms with Gasteiger partial charge in [-0.25, -0.2) is 0 Å². The summed E-state index contributed by atoms with van der Waals surface area (Å²) >= 11 is 0. The SMILES string of the molecule is c1ccc(N(c2ccc(-c3ccc4c(c3)C3(c5ccccc5-4)C4CC5CC(C4)CC3C5)cc2)c2ccc3c4ccccc4n(-c4ccccc4)c3c2)cc1. The zero-order valence-electron chi connectivity index (χ0n) is 30.4. The molecule has 1 spiro atoms. The Morgan fingerprint density at radius 1 is 0.426 bits per heavy atom. The van der Waals surface area contributed by atoms with Crippen LogP contribution in [0, 0.1) is 23.7 Å². The van der Waals surface area contributed by atoms with E-state index in [-0.39, 0.29) is 5.41 Å². The molecule has 54 heavy (non-hydrogen) atoms. The molecule has 4 bridgehead atoms. The van der Waals surface area contributed by atoms with E-state index in [1.165, 1.54) is 81.9 Å². The van der Waals surface area contributed by atoms with Gasteiger partial charge in [-0.1, -0.05) is 109 Å². The van der Waals surface area contributed by atoms with Crippen LogP contribution < -0.4 is 4.90 Å². The van der Waals surface area contributed by atoms with E-state index in [0.717, 1.165) is 40.7 Å². The number of para-hydroxylation sites is 3. The third kappa shape index (κ3) is 4.28. The van der Waals surface area contributed by atoms with Gasteiger partial charge in [-0.3, -0.25) is 0 Å². The molecule has 0 amide bonds. The molecule has 2 heteroatoms. The third-order valence-corrected chi connectivity index (χ3v) is 14.0. The molecule has 0 unspecified atom stereocenters. The minimum atomic E-state index is 0.181. The summed E-state index contributed by atoms with van der Waals surface area (Å²) in [7, 11) is 0. The number of benzene rings is 7. The van der Waals surface area contributed by atoms with Gasteiger partial charge in [-0.2, -0.15) is 0 Å². The van der Waals surface area contributed by atoms with E-state index in [4.69, 9.17) is 0 Å². The summed E-state index contributed by atoms with van der Waals surface area (Å²) in [6, 6.07) is 63.5. The summed E-state index contributed by atoms with van der Waals surface area (Å²) in [5, 5.41) is 2.53. The second-order valence-corrected chi connectivity index (χ2v) is 16.6. The Kier molecular flexibility index (Phi) is 6.55. The van der Waals surface area contributed by atoms with Crippen LogP contribution in [0.5, 0.6) is 0 Å². The van der Waals surface area contributed by atoms with E-state index in [0.29, 0.717) is 0 Å². The van der Waals surface area contributed by atoms with Crippen molar-refractivity contribution in [3.8, 4) is 27.9 Å². The summed E-state index contributed by atoms with van der Waals surface area (Å²) in [6.45, 7) is 0. The van der Waals surface area contributed by atoms with E-state index < -0.39 is 0 Å². The van der Waals surface area contributed by atoms with E-state index in [9.17, 15) is 0 Å². The van der Waals surface area contributed by atoms with E-state index >= 15 is 0 Å². The fourth-order valence-corrected chi connectivity index (χ4v) is 12.1. The van der Waals surface area contributed by atoms with Crippen molar-refractivity contribution in [2.45, 2.75) is 37.5 Å². The number of hydrogen-bond donors (Lipinski definition) is 0. The minimum absolute atomic E-state index is 0.181. The molecule has 8 aromatic rings. The highest BCUT2D eigenvalue weighted by atomic mass is 15.1. The lowest BCUT2D eigenvalue weighted by molar-refractivity contribution is -0.0399. The van der Waals surface area contributed by atoms with Gasteiger partial charge in [-0.05, 0) is 150 Å². The molecule has 7 aromatic carbocycles. The molecular formula is C52H42N2. The van der Waals surface area contributed by atoms with Gasteiger partial charge in [0.1, 0.15) is 0 Å². The smallest absolute Gasteiger partial charge is 0.0561 e. The molecule has 0 atom stereocenters.